The summed E-state index contributed by atoms with van der Waals surface area (Å²) in [6.45, 7) is 1.80. The Labute approximate surface area is 56.0 Å². The number of carboxylic acid groups (broad SMARTS) is 1. The molecular formula is C5H4NO2S-. The average Bonchev–Trinajstić information content (AvgIpc) is 2.14. The first-order chi connectivity index (χ1) is 4.20. The van der Waals surface area contributed by atoms with Crippen LogP contribution >= 0.6 is 11.3 Å². The predicted molar refractivity (Wildman–Crippen MR) is 31.2 cm³/mol. The Morgan fingerprint density at radius 2 is 2.56 bits per heavy atom. The highest BCUT2D eigenvalue weighted by Gasteiger charge is 1.96. The second kappa shape index (κ2) is 2.14. The van der Waals surface area contributed by atoms with Crippen molar-refractivity contribution in [2.45, 2.75) is 6.92 Å². The number of aromatic nitrogens is 1. The summed E-state index contributed by atoms with van der Waals surface area (Å²) < 4.78 is 0. The van der Waals surface area contributed by atoms with Gasteiger partial charge in [-0.3, -0.25) is 0 Å². The molecule has 4 heteroatoms. The standard InChI is InChI=1S/C5H5NO2S/c1-3-2-6-4(9-3)5(7)8/h2H,1H3,(H,7,8)/p-1. The van der Waals surface area contributed by atoms with Crippen LogP contribution in [0, 0.1) is 6.92 Å². The van der Waals surface area contributed by atoms with E-state index in [0.29, 0.717) is 0 Å². The van der Waals surface area contributed by atoms with Crippen LogP contribution in [-0.2, 0) is 0 Å². The van der Waals surface area contributed by atoms with Gasteiger partial charge in [0.15, 0.2) is 0 Å². The highest BCUT2D eigenvalue weighted by Crippen LogP contribution is 2.08. The molecule has 0 saturated heterocycles. The summed E-state index contributed by atoms with van der Waals surface area (Å²) in [5, 5.41) is 10.1. The smallest absolute Gasteiger partial charge is 0.139 e. The molecule has 0 unspecified atom stereocenters. The molecule has 48 valence electrons. The predicted octanol–water partition coefficient (Wildman–Crippen LogP) is -0.185. The molecule has 0 amide bonds. The fourth-order valence-electron chi connectivity index (χ4n) is 0.449. The molecule has 0 saturated carbocycles. The molecule has 0 N–H and O–H groups in total. The molecule has 1 rings (SSSR count). The van der Waals surface area contributed by atoms with E-state index in [1.165, 1.54) is 6.20 Å². The first-order valence-corrected chi connectivity index (χ1v) is 3.15. The van der Waals surface area contributed by atoms with E-state index in [0.717, 1.165) is 16.2 Å². The van der Waals surface area contributed by atoms with E-state index in [-0.39, 0.29) is 5.01 Å². The van der Waals surface area contributed by atoms with E-state index in [2.05, 4.69) is 4.98 Å². The zero-order valence-electron chi connectivity index (χ0n) is 4.75. The summed E-state index contributed by atoms with van der Waals surface area (Å²) >= 11 is 1.12. The van der Waals surface area contributed by atoms with Crippen molar-refractivity contribution < 1.29 is 9.90 Å². The second-order valence-electron chi connectivity index (χ2n) is 1.56. The molecule has 0 aliphatic carbocycles. The zero-order valence-corrected chi connectivity index (χ0v) is 5.57. The van der Waals surface area contributed by atoms with Gasteiger partial charge in [0.1, 0.15) is 11.0 Å². The summed E-state index contributed by atoms with van der Waals surface area (Å²) in [4.78, 5) is 14.5. The summed E-state index contributed by atoms with van der Waals surface area (Å²) in [6, 6.07) is 0. The second-order valence-corrected chi connectivity index (χ2v) is 2.80. The van der Waals surface area contributed by atoms with Gasteiger partial charge in [-0.15, -0.1) is 11.3 Å². The van der Waals surface area contributed by atoms with Gasteiger partial charge in [0, 0.05) is 11.1 Å². The third-order valence-electron chi connectivity index (χ3n) is 0.796. The number of aryl methyl sites for hydroxylation is 1. The highest BCUT2D eigenvalue weighted by molar-refractivity contribution is 7.13. The van der Waals surface area contributed by atoms with Crippen LogP contribution in [-0.4, -0.2) is 11.0 Å². The topological polar surface area (TPSA) is 53.0 Å². The molecule has 0 bridgehead atoms. The van der Waals surface area contributed by atoms with Crippen LogP contribution in [0.25, 0.3) is 0 Å². The van der Waals surface area contributed by atoms with E-state index in [9.17, 15) is 9.90 Å². The number of rotatable bonds is 1. The van der Waals surface area contributed by atoms with Crippen molar-refractivity contribution in [3.8, 4) is 0 Å². The van der Waals surface area contributed by atoms with E-state index in [1.807, 2.05) is 0 Å². The summed E-state index contributed by atoms with van der Waals surface area (Å²) in [5.41, 5.74) is 0. The molecule has 0 atom stereocenters. The molecule has 0 aromatic carbocycles. The van der Waals surface area contributed by atoms with Crippen LogP contribution in [0.1, 0.15) is 14.7 Å². The van der Waals surface area contributed by atoms with E-state index < -0.39 is 5.97 Å². The fraction of sp³-hybridized carbons (Fsp3) is 0.200. The third kappa shape index (κ3) is 1.26. The number of carboxylic acids is 1. The number of carbonyl (C=O) groups is 1. The lowest BCUT2D eigenvalue weighted by Crippen LogP contribution is -2.21. The van der Waals surface area contributed by atoms with Crippen LogP contribution in [0.3, 0.4) is 0 Å². The van der Waals surface area contributed by atoms with Gasteiger partial charge in [-0.05, 0) is 6.92 Å². The van der Waals surface area contributed by atoms with Gasteiger partial charge in [-0.2, -0.15) is 0 Å². The SMILES string of the molecule is Cc1cnc(C(=O)[O-])s1. The number of nitrogens with zero attached hydrogens (tertiary/aromatic N) is 1. The van der Waals surface area contributed by atoms with Crippen molar-refractivity contribution in [3.05, 3.63) is 16.1 Å². The molecule has 0 fully saturated rings. The quantitative estimate of drug-likeness (QED) is 0.546. The van der Waals surface area contributed by atoms with E-state index in [4.69, 9.17) is 0 Å². The molecule has 0 radical (unpaired) electrons. The number of thiazole rings is 1. The van der Waals surface area contributed by atoms with Gasteiger partial charge in [-0.1, -0.05) is 0 Å². The van der Waals surface area contributed by atoms with Gasteiger partial charge >= 0.3 is 0 Å². The normalized spacial score (nSPS) is 9.44. The van der Waals surface area contributed by atoms with Gasteiger partial charge in [0.25, 0.3) is 0 Å². The molecule has 3 nitrogen and oxygen atoms in total. The molecule has 9 heavy (non-hydrogen) atoms. The van der Waals surface area contributed by atoms with E-state index >= 15 is 0 Å². The molecule has 1 heterocycles. The Morgan fingerprint density at radius 3 is 2.78 bits per heavy atom. The number of hydrogen-bond donors (Lipinski definition) is 0. The molecule has 0 aliphatic heterocycles. The van der Waals surface area contributed by atoms with Crippen LogP contribution in [0.2, 0.25) is 0 Å². The Morgan fingerprint density at radius 1 is 1.89 bits per heavy atom. The number of carbonyl (C=O) groups excluding carboxylic acids is 1. The van der Waals surface area contributed by atoms with Crippen LogP contribution < -0.4 is 5.11 Å². The Balaban J connectivity index is 2.98. The third-order valence-corrected chi connectivity index (χ3v) is 1.69. The lowest BCUT2D eigenvalue weighted by Gasteiger charge is -1.90. The Bertz CT molecular complexity index is 231. The molecule has 1 aromatic heterocycles. The van der Waals surface area contributed by atoms with Gasteiger partial charge < -0.3 is 9.90 Å². The van der Waals surface area contributed by atoms with Crippen molar-refractivity contribution in [1.29, 1.82) is 0 Å². The lowest BCUT2D eigenvalue weighted by atomic mass is 10.6. The van der Waals surface area contributed by atoms with Crippen LogP contribution in [0.5, 0.6) is 0 Å². The average molecular weight is 142 g/mol. The first-order valence-electron chi connectivity index (χ1n) is 2.34. The van der Waals surface area contributed by atoms with Gasteiger partial charge in [0.05, 0.1) is 0 Å². The molecule has 0 spiro atoms. The number of hydrogen-bond acceptors (Lipinski definition) is 4. The minimum atomic E-state index is -1.20. The van der Waals surface area contributed by atoms with E-state index in [1.54, 1.807) is 6.92 Å². The van der Waals surface area contributed by atoms with Crippen LogP contribution in [0.15, 0.2) is 6.20 Å². The Hall–Kier alpha value is -0.900. The monoisotopic (exact) mass is 142 g/mol. The summed E-state index contributed by atoms with van der Waals surface area (Å²) in [7, 11) is 0. The lowest BCUT2D eigenvalue weighted by molar-refractivity contribution is -0.255. The van der Waals surface area contributed by atoms with Gasteiger partial charge in [0.2, 0.25) is 0 Å². The van der Waals surface area contributed by atoms with Crippen molar-refractivity contribution in [2.24, 2.45) is 0 Å². The highest BCUT2D eigenvalue weighted by atomic mass is 32.1. The maximum atomic E-state index is 10.1. The zero-order chi connectivity index (χ0) is 6.85. The maximum Gasteiger partial charge on any atom is 0.139 e. The Kier molecular flexibility index (Phi) is 1.48. The number of aromatic carboxylic acids is 1. The van der Waals surface area contributed by atoms with Crippen molar-refractivity contribution in [3.63, 3.8) is 0 Å². The molecule has 1 aromatic rings. The fourth-order valence-corrected chi connectivity index (χ4v) is 1.05. The van der Waals surface area contributed by atoms with Crippen molar-refractivity contribution in [1.82, 2.24) is 4.98 Å². The maximum absolute atomic E-state index is 10.1. The van der Waals surface area contributed by atoms with Crippen molar-refractivity contribution in [2.75, 3.05) is 0 Å². The van der Waals surface area contributed by atoms with Crippen LogP contribution in [0.4, 0.5) is 0 Å². The summed E-state index contributed by atoms with van der Waals surface area (Å²) in [6.07, 6.45) is 1.51. The van der Waals surface area contributed by atoms with Crippen molar-refractivity contribution >= 4 is 17.3 Å². The molecule has 0 aliphatic rings. The summed E-state index contributed by atoms with van der Waals surface area (Å²) in [5.74, 6) is -1.20. The minimum Gasteiger partial charge on any atom is -0.542 e. The first kappa shape index (κ1) is 6.22. The largest absolute Gasteiger partial charge is 0.542 e. The van der Waals surface area contributed by atoms with Gasteiger partial charge in [-0.25, -0.2) is 4.98 Å². The minimum absolute atomic E-state index is 0.0486. The molecular weight excluding hydrogens is 138 g/mol.